The molecule has 1 amide bonds. The highest BCUT2D eigenvalue weighted by Gasteiger charge is 2.42. The number of halogens is 6. The van der Waals surface area contributed by atoms with Crippen LogP contribution in [0.1, 0.15) is 53.9 Å². The van der Waals surface area contributed by atoms with Crippen LogP contribution in [0, 0.1) is 6.92 Å². The minimum atomic E-state index is -5.03. The summed E-state index contributed by atoms with van der Waals surface area (Å²) in [5.41, 5.74) is -1.95. The molecule has 2 atom stereocenters. The number of aromatic nitrogens is 5. The van der Waals surface area contributed by atoms with Crippen LogP contribution in [0.15, 0.2) is 30.3 Å². The van der Waals surface area contributed by atoms with E-state index in [1.54, 1.807) is 19.1 Å². The molecule has 1 aromatic carbocycles. The Balaban J connectivity index is 1.90. The highest BCUT2D eigenvalue weighted by atomic mass is 19.4. The molecule has 0 spiro atoms. The first-order valence-electron chi connectivity index (χ1n) is 12.5. The summed E-state index contributed by atoms with van der Waals surface area (Å²) >= 11 is 0. The number of aliphatic hydroxyl groups is 1. The molecule has 41 heavy (non-hydrogen) atoms. The Labute approximate surface area is 230 Å². The van der Waals surface area contributed by atoms with Crippen molar-refractivity contribution in [1.82, 2.24) is 25.2 Å². The number of nitrogens with zero attached hydrogens (tertiary/aromatic N) is 7. The highest BCUT2D eigenvalue weighted by molar-refractivity contribution is 5.90. The molecule has 1 aliphatic heterocycles. The number of rotatable bonds is 7. The molecule has 1 aliphatic rings. The monoisotopic (exact) mass is 587 g/mol. The Bertz CT molecular complexity index is 1360. The molecule has 0 fully saturated rings. The lowest BCUT2D eigenvalue weighted by atomic mass is 9.91. The number of alkyl halides is 6. The van der Waals surface area contributed by atoms with Gasteiger partial charge in [-0.15, -0.1) is 5.10 Å². The van der Waals surface area contributed by atoms with Gasteiger partial charge in [0.05, 0.1) is 48.8 Å². The lowest BCUT2D eigenvalue weighted by molar-refractivity contribution is -0.143. The Morgan fingerprint density at radius 3 is 2.34 bits per heavy atom. The number of anilines is 2. The maximum Gasteiger partial charge on any atom is 0.416 e. The van der Waals surface area contributed by atoms with Crippen LogP contribution in [0.25, 0.3) is 0 Å². The minimum absolute atomic E-state index is 0.0467. The van der Waals surface area contributed by atoms with E-state index in [1.807, 2.05) is 6.92 Å². The molecule has 1 N–H and O–H groups in total. The Morgan fingerprint density at radius 2 is 1.78 bits per heavy atom. The lowest BCUT2D eigenvalue weighted by Crippen LogP contribution is -2.48. The van der Waals surface area contributed by atoms with Crippen molar-refractivity contribution >= 4 is 17.7 Å². The molecule has 3 heterocycles. The summed E-state index contributed by atoms with van der Waals surface area (Å²) in [7, 11) is 1.23. The highest BCUT2D eigenvalue weighted by Crippen LogP contribution is 2.43. The quantitative estimate of drug-likeness (QED) is 0.389. The van der Waals surface area contributed by atoms with Crippen molar-refractivity contribution in [3.8, 4) is 0 Å². The average Bonchev–Trinajstić information content (AvgIpc) is 3.38. The van der Waals surface area contributed by atoms with Gasteiger partial charge in [0.1, 0.15) is 0 Å². The van der Waals surface area contributed by atoms with Gasteiger partial charge in [-0.3, -0.25) is 9.88 Å². The fourth-order valence-electron chi connectivity index (χ4n) is 4.82. The van der Waals surface area contributed by atoms with Crippen molar-refractivity contribution in [1.29, 1.82) is 0 Å². The standard InChI is InChI=1S/C25H27F6N7O3/c1-4-18-12-20(21-19(6-5-14(2)32-21)38(18)23(40)41-3)36(22-33-35-37(34-22)7-8-39)13-15-9-16(24(26,27)28)11-17(10-15)25(29,30)31/h5-6,9-11,18,20,39H,4,7-8,12-13H2,1-3H3/t18-,20+/m1/s1. The van der Waals surface area contributed by atoms with Crippen molar-refractivity contribution < 1.29 is 41.0 Å². The molecule has 0 unspecified atom stereocenters. The second-order valence-corrected chi connectivity index (χ2v) is 9.46. The van der Waals surface area contributed by atoms with Gasteiger partial charge in [0.2, 0.25) is 0 Å². The van der Waals surface area contributed by atoms with Gasteiger partial charge in [0, 0.05) is 18.3 Å². The summed E-state index contributed by atoms with van der Waals surface area (Å²) in [5.74, 6) is -0.106. The van der Waals surface area contributed by atoms with Gasteiger partial charge in [-0.1, -0.05) is 12.0 Å². The van der Waals surface area contributed by atoms with E-state index in [9.17, 15) is 36.2 Å². The topological polar surface area (TPSA) is 110 Å². The van der Waals surface area contributed by atoms with Gasteiger partial charge in [-0.2, -0.15) is 31.1 Å². The van der Waals surface area contributed by atoms with Crippen LogP contribution in [0.2, 0.25) is 0 Å². The molecule has 4 rings (SSSR count). The summed E-state index contributed by atoms with van der Waals surface area (Å²) in [6.07, 6.45) is -10.1. The first kappa shape index (κ1) is 30.0. The van der Waals surface area contributed by atoms with E-state index in [2.05, 4.69) is 20.4 Å². The van der Waals surface area contributed by atoms with Crippen LogP contribution < -0.4 is 9.80 Å². The zero-order valence-electron chi connectivity index (χ0n) is 22.2. The van der Waals surface area contributed by atoms with Gasteiger partial charge in [-0.25, -0.2) is 4.79 Å². The number of amides is 1. The number of fused-ring (bicyclic) bond motifs is 1. The minimum Gasteiger partial charge on any atom is -0.452 e. The number of pyridine rings is 1. The third kappa shape index (κ3) is 6.36. The molecule has 2 aromatic heterocycles. The number of tetrazole rings is 1. The second-order valence-electron chi connectivity index (χ2n) is 9.46. The lowest BCUT2D eigenvalue weighted by Gasteiger charge is -2.42. The molecule has 0 radical (unpaired) electrons. The largest absolute Gasteiger partial charge is 0.452 e. The Morgan fingerprint density at radius 1 is 1.12 bits per heavy atom. The number of aryl methyl sites for hydroxylation is 1. The molecular weight excluding hydrogens is 560 g/mol. The van der Waals surface area contributed by atoms with Crippen LogP contribution in [0.5, 0.6) is 0 Å². The summed E-state index contributed by atoms with van der Waals surface area (Å²) < 4.78 is 86.7. The third-order valence-corrected chi connectivity index (χ3v) is 6.70. The predicted molar refractivity (Wildman–Crippen MR) is 133 cm³/mol. The first-order valence-corrected chi connectivity index (χ1v) is 12.5. The summed E-state index contributed by atoms with van der Waals surface area (Å²) in [4.78, 5) is 21.3. The van der Waals surface area contributed by atoms with E-state index in [0.29, 0.717) is 35.6 Å². The molecule has 10 nitrogen and oxygen atoms in total. The van der Waals surface area contributed by atoms with Crippen molar-refractivity contribution in [2.24, 2.45) is 0 Å². The Hall–Kier alpha value is -3.95. The van der Waals surface area contributed by atoms with E-state index in [1.165, 1.54) is 16.9 Å². The van der Waals surface area contributed by atoms with Gasteiger partial charge < -0.3 is 14.7 Å². The zero-order valence-corrected chi connectivity index (χ0v) is 22.2. The third-order valence-electron chi connectivity index (χ3n) is 6.70. The zero-order chi connectivity index (χ0) is 30.1. The number of carbonyl (C=O) groups is 1. The molecule has 0 saturated carbocycles. The maximum atomic E-state index is 13.6. The van der Waals surface area contributed by atoms with Gasteiger partial charge in [-0.05, 0) is 60.9 Å². The van der Waals surface area contributed by atoms with E-state index in [0.717, 1.165) is 4.80 Å². The van der Waals surface area contributed by atoms with Crippen LogP contribution >= 0.6 is 0 Å². The van der Waals surface area contributed by atoms with Crippen molar-refractivity contribution in [2.75, 3.05) is 23.5 Å². The van der Waals surface area contributed by atoms with Crippen LogP contribution in [0.3, 0.4) is 0 Å². The van der Waals surface area contributed by atoms with Crippen LogP contribution in [0.4, 0.5) is 42.8 Å². The molecule has 16 heteroatoms. The molecule has 0 aliphatic carbocycles. The van der Waals surface area contributed by atoms with E-state index >= 15 is 0 Å². The molecular formula is C25H27F6N7O3. The number of aliphatic hydroxyl groups excluding tert-OH is 1. The van der Waals surface area contributed by atoms with Crippen LogP contribution in [-0.2, 0) is 30.2 Å². The first-order chi connectivity index (χ1) is 19.3. The van der Waals surface area contributed by atoms with E-state index in [4.69, 9.17) is 4.74 Å². The number of methoxy groups -OCH3 is 1. The van der Waals surface area contributed by atoms with Crippen molar-refractivity contribution in [3.05, 3.63) is 58.4 Å². The summed E-state index contributed by atoms with van der Waals surface area (Å²) in [5, 5.41) is 21.3. The average molecular weight is 588 g/mol. The smallest absolute Gasteiger partial charge is 0.416 e. The number of ether oxygens (including phenoxy) is 1. The fraction of sp³-hybridized carbons (Fsp3) is 0.480. The number of hydrogen-bond acceptors (Lipinski definition) is 8. The number of benzene rings is 1. The van der Waals surface area contributed by atoms with E-state index in [-0.39, 0.29) is 37.2 Å². The predicted octanol–water partition coefficient (Wildman–Crippen LogP) is 4.91. The van der Waals surface area contributed by atoms with Gasteiger partial charge in [0.25, 0.3) is 5.95 Å². The van der Waals surface area contributed by atoms with Gasteiger partial charge >= 0.3 is 18.4 Å². The molecule has 3 aromatic rings. The molecule has 222 valence electrons. The summed E-state index contributed by atoms with van der Waals surface area (Å²) in [6, 6.07) is 3.43. The second kappa shape index (κ2) is 11.5. The van der Waals surface area contributed by atoms with Gasteiger partial charge in [0.15, 0.2) is 0 Å². The normalized spacial score (nSPS) is 17.4. The Kier molecular flexibility index (Phi) is 8.42. The van der Waals surface area contributed by atoms with Crippen molar-refractivity contribution in [2.45, 2.75) is 64.2 Å². The molecule has 0 bridgehead atoms. The van der Waals surface area contributed by atoms with Crippen molar-refractivity contribution in [3.63, 3.8) is 0 Å². The summed E-state index contributed by atoms with van der Waals surface area (Å²) in [6.45, 7) is 2.67. The van der Waals surface area contributed by atoms with E-state index < -0.39 is 48.2 Å². The number of carbonyl (C=O) groups excluding carboxylic acids is 1. The molecule has 0 saturated heterocycles. The SMILES string of the molecule is CC[C@@H]1C[C@H](N(Cc2cc(C(F)(F)F)cc(C(F)(F)F)c2)c2nnn(CCO)n2)c2nc(C)ccc2N1C(=O)OC. The fourth-order valence-corrected chi connectivity index (χ4v) is 4.82. The number of hydrogen-bond donors (Lipinski definition) is 1. The maximum absolute atomic E-state index is 13.6. The van der Waals surface area contributed by atoms with Crippen LogP contribution in [-0.4, -0.2) is 56.1 Å².